The smallest absolute Gasteiger partial charge is 0.131 e. The Morgan fingerprint density at radius 3 is 2.50 bits per heavy atom. The van der Waals surface area contributed by atoms with Gasteiger partial charge in [-0.25, -0.2) is 9.07 Å². The quantitative estimate of drug-likeness (QED) is 0.538. The standard InChI is InChI=1S/C18H12FN3/c19-18-5-2-1-4-17(18)15(13-20)12-14-6-8-16(9-7-14)22-11-3-10-21-22/h1-12H/b15-12+. The molecule has 0 aliphatic rings. The summed E-state index contributed by atoms with van der Waals surface area (Å²) in [6.45, 7) is 0. The number of allylic oxidation sites excluding steroid dienone is 1. The van der Waals surface area contributed by atoms with E-state index in [2.05, 4.69) is 11.2 Å². The fourth-order valence-corrected chi connectivity index (χ4v) is 2.16. The number of benzene rings is 2. The maximum atomic E-state index is 13.8. The van der Waals surface area contributed by atoms with E-state index >= 15 is 0 Å². The van der Waals surface area contributed by atoms with E-state index in [0.717, 1.165) is 11.3 Å². The molecule has 0 unspecified atom stereocenters. The molecule has 3 aromatic rings. The maximum absolute atomic E-state index is 13.8. The van der Waals surface area contributed by atoms with E-state index in [4.69, 9.17) is 0 Å². The van der Waals surface area contributed by atoms with Crippen LogP contribution in [0.25, 0.3) is 17.3 Å². The molecule has 0 saturated carbocycles. The molecule has 106 valence electrons. The molecule has 3 nitrogen and oxygen atoms in total. The molecule has 4 heteroatoms. The summed E-state index contributed by atoms with van der Waals surface area (Å²) in [5, 5.41) is 13.4. The van der Waals surface area contributed by atoms with E-state index in [9.17, 15) is 9.65 Å². The minimum atomic E-state index is -0.400. The predicted molar refractivity (Wildman–Crippen MR) is 83.4 cm³/mol. The second kappa shape index (κ2) is 6.06. The summed E-state index contributed by atoms with van der Waals surface area (Å²) in [6.07, 6.45) is 5.23. The molecule has 0 atom stereocenters. The molecule has 3 rings (SSSR count). The molecule has 0 radical (unpaired) electrons. The molecule has 1 aromatic heterocycles. The molecule has 0 aliphatic heterocycles. The molecule has 0 fully saturated rings. The van der Waals surface area contributed by atoms with E-state index in [1.165, 1.54) is 6.07 Å². The zero-order valence-corrected chi connectivity index (χ0v) is 11.6. The second-order valence-electron chi connectivity index (χ2n) is 4.69. The van der Waals surface area contributed by atoms with Gasteiger partial charge in [0.2, 0.25) is 0 Å². The first kappa shape index (κ1) is 13.8. The van der Waals surface area contributed by atoms with Crippen molar-refractivity contribution in [1.82, 2.24) is 9.78 Å². The van der Waals surface area contributed by atoms with Gasteiger partial charge in [0.05, 0.1) is 17.3 Å². The van der Waals surface area contributed by atoms with Gasteiger partial charge in [0.25, 0.3) is 0 Å². The van der Waals surface area contributed by atoms with Gasteiger partial charge < -0.3 is 0 Å². The third-order valence-corrected chi connectivity index (χ3v) is 3.26. The molecule has 0 aliphatic carbocycles. The Hall–Kier alpha value is -3.19. The fraction of sp³-hybridized carbons (Fsp3) is 0. The lowest BCUT2D eigenvalue weighted by atomic mass is 10.0. The second-order valence-corrected chi connectivity index (χ2v) is 4.69. The number of nitrogens with zero attached hydrogens (tertiary/aromatic N) is 3. The molecule has 0 spiro atoms. The molecule has 0 amide bonds. The summed E-state index contributed by atoms with van der Waals surface area (Å²) in [5.74, 6) is -0.400. The van der Waals surface area contributed by atoms with Gasteiger partial charge in [-0.3, -0.25) is 0 Å². The van der Waals surface area contributed by atoms with Crippen molar-refractivity contribution in [2.45, 2.75) is 0 Å². The third-order valence-electron chi connectivity index (χ3n) is 3.26. The van der Waals surface area contributed by atoms with Crippen LogP contribution < -0.4 is 0 Å². The SMILES string of the molecule is N#C/C(=C\c1ccc(-n2cccn2)cc1)c1ccccc1F. The largest absolute Gasteiger partial charge is 0.241 e. The van der Waals surface area contributed by atoms with Gasteiger partial charge in [0.15, 0.2) is 0 Å². The lowest BCUT2D eigenvalue weighted by Crippen LogP contribution is -1.93. The lowest BCUT2D eigenvalue weighted by molar-refractivity contribution is 0.624. The van der Waals surface area contributed by atoms with Crippen LogP contribution in [0.2, 0.25) is 0 Å². The topological polar surface area (TPSA) is 41.6 Å². The van der Waals surface area contributed by atoms with Crippen LogP contribution in [-0.4, -0.2) is 9.78 Å². The number of aromatic nitrogens is 2. The lowest BCUT2D eigenvalue weighted by Gasteiger charge is -2.03. The Morgan fingerprint density at radius 1 is 1.09 bits per heavy atom. The molecule has 1 heterocycles. The predicted octanol–water partition coefficient (Wildman–Crippen LogP) is 4.08. The molecular formula is C18H12FN3. The van der Waals surface area contributed by atoms with Gasteiger partial charge in [-0.1, -0.05) is 30.3 Å². The van der Waals surface area contributed by atoms with Crippen molar-refractivity contribution in [2.24, 2.45) is 0 Å². The van der Waals surface area contributed by atoms with Crippen molar-refractivity contribution in [1.29, 1.82) is 5.26 Å². The maximum Gasteiger partial charge on any atom is 0.131 e. The molecule has 2 aromatic carbocycles. The molecular weight excluding hydrogens is 277 g/mol. The zero-order chi connectivity index (χ0) is 15.4. The first-order valence-corrected chi connectivity index (χ1v) is 6.75. The van der Waals surface area contributed by atoms with Crippen LogP contribution in [0.15, 0.2) is 67.0 Å². The number of nitriles is 1. The average Bonchev–Trinajstić information content (AvgIpc) is 3.08. The Kier molecular flexibility index (Phi) is 3.80. The van der Waals surface area contributed by atoms with E-state index in [1.54, 1.807) is 35.2 Å². The molecule has 0 N–H and O–H groups in total. The van der Waals surface area contributed by atoms with Crippen LogP contribution >= 0.6 is 0 Å². The van der Waals surface area contributed by atoms with Gasteiger partial charge >= 0.3 is 0 Å². The van der Waals surface area contributed by atoms with Crippen LogP contribution in [0.4, 0.5) is 4.39 Å². The molecule has 0 bridgehead atoms. The van der Waals surface area contributed by atoms with Crippen molar-refractivity contribution in [3.8, 4) is 11.8 Å². The Morgan fingerprint density at radius 2 is 1.86 bits per heavy atom. The monoisotopic (exact) mass is 289 g/mol. The van der Waals surface area contributed by atoms with Crippen LogP contribution in [0.3, 0.4) is 0 Å². The third kappa shape index (κ3) is 2.79. The average molecular weight is 289 g/mol. The first-order chi connectivity index (χ1) is 10.8. The van der Waals surface area contributed by atoms with Gasteiger partial charge in [-0.15, -0.1) is 0 Å². The van der Waals surface area contributed by atoms with E-state index in [1.807, 2.05) is 36.5 Å². The highest BCUT2D eigenvalue weighted by molar-refractivity contribution is 5.89. The normalized spacial score (nSPS) is 11.2. The summed E-state index contributed by atoms with van der Waals surface area (Å²) in [4.78, 5) is 0. The summed E-state index contributed by atoms with van der Waals surface area (Å²) >= 11 is 0. The Bertz CT molecular complexity index is 841. The van der Waals surface area contributed by atoms with Crippen LogP contribution in [0.5, 0.6) is 0 Å². The van der Waals surface area contributed by atoms with Crippen molar-refractivity contribution >= 4 is 11.6 Å². The van der Waals surface area contributed by atoms with Gasteiger partial charge in [-0.05, 0) is 35.9 Å². The Balaban J connectivity index is 1.94. The van der Waals surface area contributed by atoms with Crippen molar-refractivity contribution in [3.05, 3.63) is 83.9 Å². The number of hydrogen-bond donors (Lipinski definition) is 0. The summed E-state index contributed by atoms with van der Waals surface area (Å²) < 4.78 is 15.5. The first-order valence-electron chi connectivity index (χ1n) is 6.75. The van der Waals surface area contributed by atoms with Crippen LogP contribution in [0.1, 0.15) is 11.1 Å². The number of hydrogen-bond acceptors (Lipinski definition) is 2. The highest BCUT2D eigenvalue weighted by Gasteiger charge is 2.06. The molecule has 22 heavy (non-hydrogen) atoms. The van der Waals surface area contributed by atoms with Crippen molar-refractivity contribution in [3.63, 3.8) is 0 Å². The highest BCUT2D eigenvalue weighted by Crippen LogP contribution is 2.21. The minimum absolute atomic E-state index is 0.296. The fourth-order valence-electron chi connectivity index (χ4n) is 2.16. The summed E-state index contributed by atoms with van der Waals surface area (Å²) in [5.41, 5.74) is 2.35. The summed E-state index contributed by atoms with van der Waals surface area (Å²) in [6, 6.07) is 17.7. The van der Waals surface area contributed by atoms with Crippen molar-refractivity contribution in [2.75, 3.05) is 0 Å². The highest BCUT2D eigenvalue weighted by atomic mass is 19.1. The van der Waals surface area contributed by atoms with E-state index in [-0.39, 0.29) is 0 Å². The van der Waals surface area contributed by atoms with Crippen LogP contribution in [-0.2, 0) is 0 Å². The molecule has 0 saturated heterocycles. The number of rotatable bonds is 3. The van der Waals surface area contributed by atoms with Gasteiger partial charge in [0.1, 0.15) is 5.82 Å². The number of halogens is 1. The van der Waals surface area contributed by atoms with E-state index in [0.29, 0.717) is 11.1 Å². The summed E-state index contributed by atoms with van der Waals surface area (Å²) in [7, 11) is 0. The Labute approximate surface area is 127 Å². The van der Waals surface area contributed by atoms with Gasteiger partial charge in [-0.2, -0.15) is 10.4 Å². The van der Waals surface area contributed by atoms with Gasteiger partial charge in [0, 0.05) is 18.0 Å². The van der Waals surface area contributed by atoms with Crippen molar-refractivity contribution < 1.29 is 4.39 Å². The van der Waals surface area contributed by atoms with Crippen LogP contribution in [0, 0.1) is 17.1 Å². The minimum Gasteiger partial charge on any atom is -0.241 e. The zero-order valence-electron chi connectivity index (χ0n) is 11.6. The van der Waals surface area contributed by atoms with E-state index < -0.39 is 5.82 Å².